The topological polar surface area (TPSA) is 94.3 Å². The fourth-order valence-electron chi connectivity index (χ4n) is 3.50. The van der Waals surface area contributed by atoms with Crippen LogP contribution in [0.5, 0.6) is 5.75 Å². The molecule has 34 heavy (non-hydrogen) atoms. The highest BCUT2D eigenvalue weighted by atomic mass is 19.4. The number of aromatic nitrogens is 5. The van der Waals surface area contributed by atoms with Gasteiger partial charge in [-0.15, -0.1) is 5.10 Å². The maximum absolute atomic E-state index is 13.8. The Morgan fingerprint density at radius 3 is 2.59 bits per heavy atom. The number of nitrogens with zero attached hydrogens (tertiary/aromatic N) is 5. The lowest BCUT2D eigenvalue weighted by molar-refractivity contribution is -0.137. The third-order valence-corrected chi connectivity index (χ3v) is 5.08. The predicted octanol–water partition coefficient (Wildman–Crippen LogP) is 4.47. The van der Waals surface area contributed by atoms with E-state index in [4.69, 9.17) is 4.74 Å². The number of methoxy groups -OCH3 is 1. The lowest BCUT2D eigenvalue weighted by Crippen LogP contribution is -2.11. The van der Waals surface area contributed by atoms with Crippen LogP contribution in [-0.4, -0.2) is 31.7 Å². The molecule has 0 atom stereocenters. The molecule has 0 aliphatic rings. The highest BCUT2D eigenvalue weighted by Crippen LogP contribution is 2.38. The second-order valence-corrected chi connectivity index (χ2v) is 7.21. The maximum Gasteiger partial charge on any atom is 0.417 e. The lowest BCUT2D eigenvalue weighted by Gasteiger charge is -2.12. The van der Waals surface area contributed by atoms with Crippen molar-refractivity contribution in [3.8, 4) is 17.1 Å². The summed E-state index contributed by atoms with van der Waals surface area (Å²) in [6, 6.07) is 15.3. The van der Waals surface area contributed by atoms with Gasteiger partial charge in [-0.1, -0.05) is 18.2 Å². The molecule has 5 aromatic rings. The molecule has 0 unspecified atom stereocenters. The van der Waals surface area contributed by atoms with Gasteiger partial charge in [-0.25, -0.2) is 15.0 Å². The summed E-state index contributed by atoms with van der Waals surface area (Å²) in [5.41, 5.74) is -0.787. The fourth-order valence-corrected chi connectivity index (χ4v) is 3.50. The summed E-state index contributed by atoms with van der Waals surface area (Å²) in [7, 11) is 1.29. The van der Waals surface area contributed by atoms with Gasteiger partial charge in [0.15, 0.2) is 11.5 Å². The van der Waals surface area contributed by atoms with Crippen LogP contribution in [0, 0.1) is 0 Å². The number of benzene rings is 2. The number of ether oxygens (including phenoxy) is 1. The zero-order valence-electron chi connectivity index (χ0n) is 17.5. The Kier molecular flexibility index (Phi) is 5.08. The number of hydrogen-bond donors (Lipinski definition) is 1. The third kappa shape index (κ3) is 3.76. The van der Waals surface area contributed by atoms with Gasteiger partial charge in [-0.05, 0) is 42.5 Å². The standard InChI is InChI=1S/C23H15F3N6O2/c1-34-13-9-10-14(16(12-13)23(24,25)26)19-30-20-15-6-2-3-7-17(15)28-22(32(20)31-19)29-18-8-4-5-11-27-21(18)33/h2-12H,1H3,(H,27,28,29,33). The Balaban J connectivity index is 1.77. The lowest BCUT2D eigenvalue weighted by atomic mass is 10.1. The zero-order valence-corrected chi connectivity index (χ0v) is 17.5. The van der Waals surface area contributed by atoms with E-state index in [2.05, 4.69) is 25.4 Å². The van der Waals surface area contributed by atoms with E-state index < -0.39 is 17.3 Å². The van der Waals surface area contributed by atoms with Gasteiger partial charge in [0.25, 0.3) is 5.56 Å². The molecule has 0 bridgehead atoms. The van der Waals surface area contributed by atoms with Crippen LogP contribution in [0.2, 0.25) is 0 Å². The molecule has 3 heterocycles. The first-order valence-electron chi connectivity index (χ1n) is 9.98. The molecule has 0 amide bonds. The molecule has 1 N–H and O–H groups in total. The summed E-state index contributed by atoms with van der Waals surface area (Å²) in [4.78, 5) is 25.0. The van der Waals surface area contributed by atoms with Crippen LogP contribution in [0.15, 0.2) is 71.7 Å². The molecule has 0 fully saturated rings. The van der Waals surface area contributed by atoms with E-state index >= 15 is 0 Å². The van der Waals surface area contributed by atoms with Crippen molar-refractivity contribution in [1.82, 2.24) is 24.6 Å². The van der Waals surface area contributed by atoms with Crippen molar-refractivity contribution in [3.63, 3.8) is 0 Å². The van der Waals surface area contributed by atoms with Crippen molar-refractivity contribution >= 4 is 28.2 Å². The second kappa shape index (κ2) is 8.10. The average Bonchev–Trinajstić information content (AvgIpc) is 3.18. The van der Waals surface area contributed by atoms with E-state index in [1.165, 1.54) is 36.0 Å². The SMILES string of the molecule is COc1ccc(-c2nc3c4ccccc4nc(Nc4ccccnc4=O)n3n2)c(C(F)(F)F)c1. The van der Waals surface area contributed by atoms with Crippen LogP contribution in [0.25, 0.3) is 27.9 Å². The zero-order chi connectivity index (χ0) is 23.9. The summed E-state index contributed by atoms with van der Waals surface area (Å²) >= 11 is 0. The minimum absolute atomic E-state index is 0.0572. The second-order valence-electron chi connectivity index (χ2n) is 7.21. The van der Waals surface area contributed by atoms with Crippen molar-refractivity contribution in [2.24, 2.45) is 0 Å². The van der Waals surface area contributed by atoms with E-state index in [1.54, 1.807) is 36.4 Å². The van der Waals surface area contributed by atoms with Gasteiger partial charge in [0.2, 0.25) is 5.95 Å². The smallest absolute Gasteiger partial charge is 0.417 e. The number of hydrogen-bond acceptors (Lipinski definition) is 7. The van der Waals surface area contributed by atoms with E-state index in [0.29, 0.717) is 10.9 Å². The van der Waals surface area contributed by atoms with Gasteiger partial charge in [-0.2, -0.15) is 17.7 Å². The number of rotatable bonds is 4. The van der Waals surface area contributed by atoms with Crippen LogP contribution >= 0.6 is 0 Å². The molecule has 2 aromatic carbocycles. The highest BCUT2D eigenvalue weighted by molar-refractivity contribution is 5.93. The molecule has 0 aliphatic carbocycles. The van der Waals surface area contributed by atoms with Gasteiger partial charge in [0.05, 0.1) is 18.2 Å². The molecule has 5 rings (SSSR count). The first-order valence-corrected chi connectivity index (χ1v) is 9.98. The van der Waals surface area contributed by atoms with Gasteiger partial charge >= 0.3 is 6.18 Å². The number of fused-ring (bicyclic) bond motifs is 3. The van der Waals surface area contributed by atoms with Crippen molar-refractivity contribution in [3.05, 3.63) is 82.8 Å². The van der Waals surface area contributed by atoms with Crippen molar-refractivity contribution in [2.45, 2.75) is 6.18 Å². The monoisotopic (exact) mass is 464 g/mol. The molecule has 0 aliphatic heterocycles. The molecule has 3 aromatic heterocycles. The number of alkyl halides is 3. The Labute approximate surface area is 189 Å². The molecule has 170 valence electrons. The maximum atomic E-state index is 13.8. The fraction of sp³-hybridized carbons (Fsp3) is 0.0870. The molecule has 0 saturated heterocycles. The van der Waals surface area contributed by atoms with Gasteiger partial charge in [0, 0.05) is 17.1 Å². The molecule has 0 radical (unpaired) electrons. The Hall–Kier alpha value is -4.54. The van der Waals surface area contributed by atoms with E-state index in [-0.39, 0.29) is 34.4 Å². The first kappa shape index (κ1) is 21.3. The van der Waals surface area contributed by atoms with Crippen molar-refractivity contribution in [1.29, 1.82) is 0 Å². The summed E-state index contributed by atoms with van der Waals surface area (Å²) in [5, 5.41) is 7.79. The van der Waals surface area contributed by atoms with E-state index in [9.17, 15) is 18.0 Å². The largest absolute Gasteiger partial charge is 0.497 e. The van der Waals surface area contributed by atoms with Gasteiger partial charge in [-0.3, -0.25) is 4.79 Å². The first-order chi connectivity index (χ1) is 16.3. The average molecular weight is 464 g/mol. The molecule has 11 heteroatoms. The Morgan fingerprint density at radius 1 is 1.00 bits per heavy atom. The number of nitrogens with one attached hydrogen (secondary N) is 1. The minimum atomic E-state index is -4.66. The normalized spacial score (nSPS) is 11.6. The predicted molar refractivity (Wildman–Crippen MR) is 119 cm³/mol. The summed E-state index contributed by atoms with van der Waals surface area (Å²) in [6.45, 7) is 0. The molecule has 0 saturated carbocycles. The van der Waals surface area contributed by atoms with Crippen molar-refractivity contribution in [2.75, 3.05) is 12.4 Å². The van der Waals surface area contributed by atoms with Crippen LogP contribution < -0.4 is 15.6 Å². The molecular formula is C23H15F3N6O2. The molecule has 0 spiro atoms. The van der Waals surface area contributed by atoms with Crippen LogP contribution in [-0.2, 0) is 6.18 Å². The van der Waals surface area contributed by atoms with Crippen molar-refractivity contribution < 1.29 is 17.9 Å². The van der Waals surface area contributed by atoms with Gasteiger partial charge in [0.1, 0.15) is 11.4 Å². The Morgan fingerprint density at radius 2 is 1.79 bits per heavy atom. The summed E-state index contributed by atoms with van der Waals surface area (Å²) in [5.74, 6) is -0.00313. The van der Waals surface area contributed by atoms with Crippen LogP contribution in [0.1, 0.15) is 5.56 Å². The van der Waals surface area contributed by atoms with Crippen LogP contribution in [0.4, 0.5) is 24.8 Å². The van der Waals surface area contributed by atoms with E-state index in [1.807, 2.05) is 0 Å². The van der Waals surface area contributed by atoms with Gasteiger partial charge < -0.3 is 10.1 Å². The quantitative estimate of drug-likeness (QED) is 0.419. The summed E-state index contributed by atoms with van der Waals surface area (Å²) in [6.07, 6.45) is -3.31. The third-order valence-electron chi connectivity index (χ3n) is 5.08. The molecule has 8 nitrogen and oxygen atoms in total. The summed E-state index contributed by atoms with van der Waals surface area (Å²) < 4.78 is 47.7. The number of para-hydroxylation sites is 1. The highest BCUT2D eigenvalue weighted by Gasteiger charge is 2.35. The number of halogens is 3. The van der Waals surface area contributed by atoms with E-state index in [0.717, 1.165) is 6.07 Å². The number of anilines is 2. The Bertz CT molecular complexity index is 1600. The molecular weight excluding hydrogens is 449 g/mol. The minimum Gasteiger partial charge on any atom is -0.497 e. The van der Waals surface area contributed by atoms with Crippen LogP contribution in [0.3, 0.4) is 0 Å².